The molecular formula is C15H13ClINO. The van der Waals surface area contributed by atoms with Crippen molar-refractivity contribution in [3.63, 3.8) is 0 Å². The Labute approximate surface area is 131 Å². The lowest BCUT2D eigenvalue weighted by Crippen LogP contribution is -2.07. The van der Waals surface area contributed by atoms with Gasteiger partial charge in [0.15, 0.2) is 5.78 Å². The Morgan fingerprint density at radius 1 is 1.32 bits per heavy atom. The van der Waals surface area contributed by atoms with Gasteiger partial charge < -0.3 is 0 Å². The summed E-state index contributed by atoms with van der Waals surface area (Å²) >= 11 is 8.08. The molecule has 0 saturated heterocycles. The highest BCUT2D eigenvalue weighted by molar-refractivity contribution is 14.1. The van der Waals surface area contributed by atoms with Crippen molar-refractivity contribution >= 4 is 40.0 Å². The Kier molecular flexibility index (Phi) is 4.93. The first-order chi connectivity index (χ1) is 9.10. The standard InChI is InChI=1S/C15H13ClINO/c1-2-10-3-5-12(18-9-10)8-15(19)13-7-11(16)4-6-14(13)17/h3-7,9H,2,8H2,1H3. The topological polar surface area (TPSA) is 30.0 Å². The first kappa shape index (κ1) is 14.5. The number of Topliss-reactive ketones (excluding diaryl/α,β-unsaturated/α-hetero) is 1. The summed E-state index contributed by atoms with van der Waals surface area (Å²) < 4.78 is 0.914. The minimum absolute atomic E-state index is 0.0450. The van der Waals surface area contributed by atoms with Gasteiger partial charge in [-0.3, -0.25) is 9.78 Å². The lowest BCUT2D eigenvalue weighted by molar-refractivity contribution is 0.0991. The normalized spacial score (nSPS) is 10.5. The SMILES string of the molecule is CCc1ccc(CC(=O)c2cc(Cl)ccc2I)nc1. The predicted molar refractivity (Wildman–Crippen MR) is 85.8 cm³/mol. The van der Waals surface area contributed by atoms with Crippen LogP contribution in [0.5, 0.6) is 0 Å². The maximum absolute atomic E-state index is 12.2. The summed E-state index contributed by atoms with van der Waals surface area (Å²) in [4.78, 5) is 16.5. The smallest absolute Gasteiger partial charge is 0.169 e. The average Bonchev–Trinajstić information content (AvgIpc) is 2.42. The van der Waals surface area contributed by atoms with Gasteiger partial charge in [0.25, 0.3) is 0 Å². The Balaban J connectivity index is 2.18. The van der Waals surface area contributed by atoms with Gasteiger partial charge >= 0.3 is 0 Å². The average molecular weight is 386 g/mol. The van der Waals surface area contributed by atoms with Crippen molar-refractivity contribution in [2.45, 2.75) is 19.8 Å². The van der Waals surface area contributed by atoms with E-state index >= 15 is 0 Å². The van der Waals surface area contributed by atoms with Crippen LogP contribution in [0.2, 0.25) is 5.02 Å². The fourth-order valence-corrected chi connectivity index (χ4v) is 2.55. The number of carbonyl (C=O) groups excluding carboxylic acids is 1. The van der Waals surface area contributed by atoms with Crippen LogP contribution in [0.4, 0.5) is 0 Å². The summed E-state index contributed by atoms with van der Waals surface area (Å²) in [6.07, 6.45) is 3.08. The van der Waals surface area contributed by atoms with Crippen LogP contribution in [0.25, 0.3) is 0 Å². The number of pyridine rings is 1. The summed E-state index contributed by atoms with van der Waals surface area (Å²) in [5.74, 6) is 0.0450. The van der Waals surface area contributed by atoms with Gasteiger partial charge in [-0.2, -0.15) is 0 Å². The highest BCUT2D eigenvalue weighted by Gasteiger charge is 2.12. The van der Waals surface area contributed by atoms with Crippen LogP contribution in [-0.2, 0) is 12.8 Å². The zero-order valence-electron chi connectivity index (χ0n) is 10.5. The largest absolute Gasteiger partial charge is 0.294 e. The first-order valence-electron chi connectivity index (χ1n) is 6.02. The highest BCUT2D eigenvalue weighted by atomic mass is 127. The van der Waals surface area contributed by atoms with Gasteiger partial charge in [0.1, 0.15) is 0 Å². The molecule has 1 heterocycles. The summed E-state index contributed by atoms with van der Waals surface area (Å²) in [6.45, 7) is 2.08. The molecule has 19 heavy (non-hydrogen) atoms. The maximum Gasteiger partial charge on any atom is 0.169 e. The minimum Gasteiger partial charge on any atom is -0.294 e. The van der Waals surface area contributed by atoms with Crippen molar-refractivity contribution in [1.29, 1.82) is 0 Å². The summed E-state index contributed by atoms with van der Waals surface area (Å²) in [6, 6.07) is 9.27. The molecule has 0 radical (unpaired) electrons. The van der Waals surface area contributed by atoms with Gasteiger partial charge in [0, 0.05) is 26.0 Å². The van der Waals surface area contributed by atoms with E-state index in [-0.39, 0.29) is 5.78 Å². The Bertz CT molecular complexity index is 596. The molecule has 1 aromatic heterocycles. The van der Waals surface area contributed by atoms with Gasteiger partial charge in [-0.1, -0.05) is 24.6 Å². The zero-order valence-corrected chi connectivity index (χ0v) is 13.4. The second-order valence-electron chi connectivity index (χ2n) is 4.24. The maximum atomic E-state index is 12.2. The predicted octanol–water partition coefficient (Wildman–Crippen LogP) is 4.33. The minimum atomic E-state index is 0.0450. The zero-order chi connectivity index (χ0) is 13.8. The Morgan fingerprint density at radius 3 is 2.74 bits per heavy atom. The fourth-order valence-electron chi connectivity index (χ4n) is 1.74. The van der Waals surface area contributed by atoms with Gasteiger partial charge in [-0.25, -0.2) is 0 Å². The van der Waals surface area contributed by atoms with Crippen molar-refractivity contribution in [1.82, 2.24) is 4.98 Å². The molecule has 2 aromatic rings. The molecule has 2 rings (SSSR count). The lowest BCUT2D eigenvalue weighted by Gasteiger charge is -2.05. The molecule has 0 N–H and O–H groups in total. The quantitative estimate of drug-likeness (QED) is 0.579. The molecule has 0 spiro atoms. The molecule has 0 saturated carbocycles. The Morgan fingerprint density at radius 2 is 2.11 bits per heavy atom. The molecule has 0 aliphatic rings. The fraction of sp³-hybridized carbons (Fsp3) is 0.200. The number of nitrogens with zero attached hydrogens (tertiary/aromatic N) is 1. The van der Waals surface area contributed by atoms with E-state index in [0.717, 1.165) is 15.7 Å². The molecule has 98 valence electrons. The second-order valence-corrected chi connectivity index (χ2v) is 5.83. The van der Waals surface area contributed by atoms with Crippen LogP contribution in [0.1, 0.15) is 28.5 Å². The number of hydrogen-bond acceptors (Lipinski definition) is 2. The van der Waals surface area contributed by atoms with Gasteiger partial charge in [-0.05, 0) is 58.8 Å². The number of halogens is 2. The molecule has 1 aromatic carbocycles. The van der Waals surface area contributed by atoms with Crippen molar-refractivity contribution in [3.05, 3.63) is 61.9 Å². The van der Waals surface area contributed by atoms with E-state index in [1.807, 2.05) is 24.4 Å². The van der Waals surface area contributed by atoms with Crippen LogP contribution >= 0.6 is 34.2 Å². The molecule has 2 nitrogen and oxygen atoms in total. The van der Waals surface area contributed by atoms with Gasteiger partial charge in [-0.15, -0.1) is 0 Å². The van der Waals surface area contributed by atoms with Crippen LogP contribution in [0, 0.1) is 3.57 Å². The van der Waals surface area contributed by atoms with Crippen molar-refractivity contribution in [2.75, 3.05) is 0 Å². The number of benzene rings is 1. The van der Waals surface area contributed by atoms with Crippen LogP contribution in [0.15, 0.2) is 36.5 Å². The molecule has 0 aliphatic heterocycles. The van der Waals surface area contributed by atoms with Crippen molar-refractivity contribution < 1.29 is 4.79 Å². The van der Waals surface area contributed by atoms with E-state index in [4.69, 9.17) is 11.6 Å². The third kappa shape index (κ3) is 3.76. The van der Waals surface area contributed by atoms with Crippen molar-refractivity contribution in [3.8, 4) is 0 Å². The monoisotopic (exact) mass is 385 g/mol. The summed E-state index contributed by atoms with van der Waals surface area (Å²) in [7, 11) is 0. The van der Waals surface area contributed by atoms with E-state index in [2.05, 4.69) is 34.5 Å². The van der Waals surface area contributed by atoms with Gasteiger partial charge in [0.2, 0.25) is 0 Å². The number of carbonyl (C=O) groups is 1. The number of aryl methyl sites for hydroxylation is 1. The third-order valence-electron chi connectivity index (χ3n) is 2.86. The number of hydrogen-bond donors (Lipinski definition) is 0. The lowest BCUT2D eigenvalue weighted by atomic mass is 10.1. The summed E-state index contributed by atoms with van der Waals surface area (Å²) in [5.41, 5.74) is 2.63. The Hall–Kier alpha value is -0.940. The molecule has 0 unspecified atom stereocenters. The number of rotatable bonds is 4. The number of aromatic nitrogens is 1. The van der Waals surface area contributed by atoms with E-state index in [1.165, 1.54) is 5.56 Å². The third-order valence-corrected chi connectivity index (χ3v) is 4.04. The van der Waals surface area contributed by atoms with Crippen LogP contribution in [-0.4, -0.2) is 10.8 Å². The van der Waals surface area contributed by atoms with E-state index in [9.17, 15) is 4.79 Å². The van der Waals surface area contributed by atoms with Crippen LogP contribution in [0.3, 0.4) is 0 Å². The number of ketones is 1. The van der Waals surface area contributed by atoms with Gasteiger partial charge in [0.05, 0.1) is 6.42 Å². The molecule has 0 amide bonds. The molecule has 4 heteroatoms. The molecule has 0 bridgehead atoms. The highest BCUT2D eigenvalue weighted by Crippen LogP contribution is 2.19. The van der Waals surface area contributed by atoms with E-state index in [0.29, 0.717) is 17.0 Å². The van der Waals surface area contributed by atoms with E-state index in [1.54, 1.807) is 12.1 Å². The van der Waals surface area contributed by atoms with Crippen LogP contribution < -0.4 is 0 Å². The first-order valence-corrected chi connectivity index (χ1v) is 7.48. The molecular weight excluding hydrogens is 373 g/mol. The summed E-state index contributed by atoms with van der Waals surface area (Å²) in [5, 5.41) is 0.582. The second kappa shape index (κ2) is 6.48. The van der Waals surface area contributed by atoms with Crippen molar-refractivity contribution in [2.24, 2.45) is 0 Å². The molecule has 0 fully saturated rings. The molecule has 0 atom stereocenters. The molecule has 0 aliphatic carbocycles. The van der Waals surface area contributed by atoms with E-state index < -0.39 is 0 Å².